The van der Waals surface area contributed by atoms with Crippen molar-refractivity contribution in [2.24, 2.45) is 0 Å². The number of pyridine rings is 1. The number of carbonyl (C=O) groups is 1. The number of rotatable bonds is 2. The smallest absolute Gasteiger partial charge is 0.254 e. The van der Waals surface area contributed by atoms with Gasteiger partial charge in [-0.15, -0.1) is 0 Å². The van der Waals surface area contributed by atoms with Gasteiger partial charge in [0.25, 0.3) is 5.91 Å². The van der Waals surface area contributed by atoms with Crippen molar-refractivity contribution in [1.82, 2.24) is 15.2 Å². The average molecular weight is 261 g/mol. The normalized spacial score (nSPS) is 26.8. The van der Waals surface area contributed by atoms with Gasteiger partial charge in [-0.05, 0) is 38.3 Å². The van der Waals surface area contributed by atoms with E-state index in [2.05, 4.69) is 10.3 Å². The van der Waals surface area contributed by atoms with E-state index in [1.165, 1.54) is 18.7 Å². The third-order valence-corrected chi connectivity index (χ3v) is 4.15. The predicted molar refractivity (Wildman–Crippen MR) is 72.1 cm³/mol. The molecular weight excluding hydrogens is 242 g/mol. The number of likely N-dealkylation sites (tertiary alicyclic amines) is 1. The predicted octanol–water partition coefficient (Wildman–Crippen LogP) is 0.732. The van der Waals surface area contributed by atoms with Gasteiger partial charge in [0.15, 0.2) is 0 Å². The van der Waals surface area contributed by atoms with Crippen molar-refractivity contribution < 1.29 is 4.79 Å². The minimum atomic E-state index is -0.222. The van der Waals surface area contributed by atoms with Crippen LogP contribution in [-0.2, 0) is 0 Å². The maximum atomic E-state index is 12.5. The van der Waals surface area contributed by atoms with Crippen LogP contribution in [0.2, 0.25) is 0 Å². The first-order valence-electron chi connectivity index (χ1n) is 6.99. The molecule has 5 heteroatoms. The molecule has 0 saturated carbocycles. The summed E-state index contributed by atoms with van der Waals surface area (Å²) in [7, 11) is 0. The number of nitrogens with one attached hydrogen (secondary N) is 2. The minimum Gasteiger partial charge on any atom is -0.334 e. The lowest BCUT2D eigenvalue weighted by Crippen LogP contribution is -2.46. The SMILES string of the molecule is O=C(c1cc[nH]c(=O)c1)N1CCCC1C1CCCN1. The van der Waals surface area contributed by atoms with Gasteiger partial charge in [-0.2, -0.15) is 0 Å². The highest BCUT2D eigenvalue weighted by atomic mass is 16.2. The molecule has 19 heavy (non-hydrogen) atoms. The van der Waals surface area contributed by atoms with Crippen LogP contribution in [0.15, 0.2) is 23.1 Å². The Labute approximate surface area is 112 Å². The van der Waals surface area contributed by atoms with E-state index < -0.39 is 0 Å². The van der Waals surface area contributed by atoms with Crippen LogP contribution in [0, 0.1) is 0 Å². The van der Waals surface area contributed by atoms with E-state index in [0.29, 0.717) is 11.6 Å². The highest BCUT2D eigenvalue weighted by Crippen LogP contribution is 2.26. The van der Waals surface area contributed by atoms with Crippen molar-refractivity contribution in [3.05, 3.63) is 34.2 Å². The molecule has 1 aromatic rings. The van der Waals surface area contributed by atoms with E-state index in [1.807, 2.05) is 4.90 Å². The molecule has 3 heterocycles. The third-order valence-electron chi connectivity index (χ3n) is 4.15. The van der Waals surface area contributed by atoms with Gasteiger partial charge in [0.05, 0.1) is 0 Å². The molecule has 0 radical (unpaired) electrons. The molecule has 0 spiro atoms. The van der Waals surface area contributed by atoms with E-state index in [1.54, 1.807) is 6.07 Å². The van der Waals surface area contributed by atoms with Crippen molar-refractivity contribution in [2.75, 3.05) is 13.1 Å². The zero-order valence-corrected chi connectivity index (χ0v) is 10.9. The Morgan fingerprint density at radius 2 is 2.21 bits per heavy atom. The lowest BCUT2D eigenvalue weighted by Gasteiger charge is -2.29. The number of hydrogen-bond acceptors (Lipinski definition) is 3. The number of nitrogens with zero attached hydrogens (tertiary/aromatic N) is 1. The fourth-order valence-electron chi connectivity index (χ4n) is 3.25. The van der Waals surface area contributed by atoms with Gasteiger partial charge in [-0.1, -0.05) is 0 Å². The van der Waals surface area contributed by atoms with E-state index in [0.717, 1.165) is 32.4 Å². The number of amides is 1. The molecule has 2 N–H and O–H groups in total. The molecule has 2 aliphatic heterocycles. The number of carbonyl (C=O) groups excluding carboxylic acids is 1. The van der Waals surface area contributed by atoms with Crippen LogP contribution >= 0.6 is 0 Å². The first kappa shape index (κ1) is 12.4. The fraction of sp³-hybridized carbons (Fsp3) is 0.571. The first-order chi connectivity index (χ1) is 9.25. The van der Waals surface area contributed by atoms with E-state index >= 15 is 0 Å². The van der Waals surface area contributed by atoms with Crippen LogP contribution in [0.1, 0.15) is 36.0 Å². The summed E-state index contributed by atoms with van der Waals surface area (Å²) < 4.78 is 0. The maximum absolute atomic E-state index is 12.5. The van der Waals surface area contributed by atoms with Crippen LogP contribution in [-0.4, -0.2) is 41.0 Å². The van der Waals surface area contributed by atoms with Crippen LogP contribution in [0.5, 0.6) is 0 Å². The molecule has 2 aliphatic rings. The van der Waals surface area contributed by atoms with Crippen molar-refractivity contribution in [1.29, 1.82) is 0 Å². The molecule has 0 aromatic carbocycles. The summed E-state index contributed by atoms with van der Waals surface area (Å²) in [4.78, 5) is 28.3. The summed E-state index contributed by atoms with van der Waals surface area (Å²) in [6, 6.07) is 3.78. The van der Waals surface area contributed by atoms with E-state index in [-0.39, 0.29) is 17.5 Å². The van der Waals surface area contributed by atoms with Gasteiger partial charge in [0.1, 0.15) is 0 Å². The Morgan fingerprint density at radius 3 is 2.95 bits per heavy atom. The van der Waals surface area contributed by atoms with Crippen molar-refractivity contribution >= 4 is 5.91 Å². The second kappa shape index (κ2) is 5.17. The molecule has 2 unspecified atom stereocenters. The van der Waals surface area contributed by atoms with Crippen LogP contribution < -0.4 is 10.9 Å². The molecule has 102 valence electrons. The summed E-state index contributed by atoms with van der Waals surface area (Å²) in [6.45, 7) is 1.85. The van der Waals surface area contributed by atoms with E-state index in [4.69, 9.17) is 0 Å². The zero-order chi connectivity index (χ0) is 13.2. The molecule has 3 rings (SSSR count). The summed E-state index contributed by atoms with van der Waals surface area (Å²) in [5.74, 6) is -0.0118. The molecule has 1 amide bonds. The summed E-state index contributed by atoms with van der Waals surface area (Å²) in [5.41, 5.74) is 0.272. The summed E-state index contributed by atoms with van der Waals surface area (Å²) in [6.07, 6.45) is 5.98. The standard InChI is InChI=1S/C14H19N3O2/c18-13-9-10(5-7-16-13)14(19)17-8-2-4-12(17)11-3-1-6-15-11/h5,7,9,11-12,15H,1-4,6,8H2,(H,16,18). The topological polar surface area (TPSA) is 65.2 Å². The molecule has 0 bridgehead atoms. The van der Waals surface area contributed by atoms with Crippen molar-refractivity contribution in [2.45, 2.75) is 37.8 Å². The van der Waals surface area contributed by atoms with Gasteiger partial charge in [0, 0.05) is 36.5 Å². The molecule has 2 saturated heterocycles. The molecule has 5 nitrogen and oxygen atoms in total. The van der Waals surface area contributed by atoms with Crippen molar-refractivity contribution in [3.8, 4) is 0 Å². The molecule has 0 aliphatic carbocycles. The van der Waals surface area contributed by atoms with Crippen LogP contribution in [0.3, 0.4) is 0 Å². The fourth-order valence-corrected chi connectivity index (χ4v) is 3.25. The molecule has 2 fully saturated rings. The second-order valence-corrected chi connectivity index (χ2v) is 5.35. The quantitative estimate of drug-likeness (QED) is 0.825. The van der Waals surface area contributed by atoms with Crippen LogP contribution in [0.4, 0.5) is 0 Å². The third kappa shape index (κ3) is 2.42. The number of aromatic amines is 1. The highest BCUT2D eigenvalue weighted by molar-refractivity contribution is 5.94. The lowest BCUT2D eigenvalue weighted by atomic mass is 10.0. The second-order valence-electron chi connectivity index (χ2n) is 5.35. The number of hydrogen-bond donors (Lipinski definition) is 2. The maximum Gasteiger partial charge on any atom is 0.254 e. The van der Waals surface area contributed by atoms with E-state index in [9.17, 15) is 9.59 Å². The Hall–Kier alpha value is -1.62. The first-order valence-corrected chi connectivity index (χ1v) is 6.99. The Bertz CT molecular complexity index is 519. The van der Waals surface area contributed by atoms with Gasteiger partial charge >= 0.3 is 0 Å². The Kier molecular flexibility index (Phi) is 3.38. The van der Waals surface area contributed by atoms with Gasteiger partial charge in [0.2, 0.25) is 5.56 Å². The Morgan fingerprint density at radius 1 is 1.32 bits per heavy atom. The molecule has 2 atom stereocenters. The average Bonchev–Trinajstić information content (AvgIpc) is 3.08. The number of aromatic nitrogens is 1. The highest BCUT2D eigenvalue weighted by Gasteiger charge is 2.36. The van der Waals surface area contributed by atoms with Gasteiger partial charge in [-0.3, -0.25) is 9.59 Å². The molecule has 1 aromatic heterocycles. The molecular formula is C14H19N3O2. The van der Waals surface area contributed by atoms with Gasteiger partial charge in [-0.25, -0.2) is 0 Å². The van der Waals surface area contributed by atoms with Gasteiger partial charge < -0.3 is 15.2 Å². The zero-order valence-electron chi connectivity index (χ0n) is 10.9. The minimum absolute atomic E-state index is 0.0118. The van der Waals surface area contributed by atoms with Crippen LogP contribution in [0.25, 0.3) is 0 Å². The number of H-pyrrole nitrogens is 1. The summed E-state index contributed by atoms with van der Waals surface area (Å²) in [5, 5.41) is 3.48. The summed E-state index contributed by atoms with van der Waals surface area (Å²) >= 11 is 0. The Balaban J connectivity index is 1.80. The van der Waals surface area contributed by atoms with Crippen molar-refractivity contribution in [3.63, 3.8) is 0 Å². The monoisotopic (exact) mass is 261 g/mol. The largest absolute Gasteiger partial charge is 0.334 e. The lowest BCUT2D eigenvalue weighted by molar-refractivity contribution is 0.0711.